The summed E-state index contributed by atoms with van der Waals surface area (Å²) in [6, 6.07) is 4.70. The second-order valence-electron chi connectivity index (χ2n) is 9.13. The van der Waals surface area contributed by atoms with E-state index in [4.69, 9.17) is 5.73 Å². The van der Waals surface area contributed by atoms with Crippen LogP contribution in [-0.4, -0.2) is 58.9 Å². The number of benzene rings is 2. The van der Waals surface area contributed by atoms with Crippen LogP contribution in [0.5, 0.6) is 0 Å². The average Bonchev–Trinajstić information content (AvgIpc) is 2.85. The van der Waals surface area contributed by atoms with Crippen molar-refractivity contribution in [1.29, 1.82) is 0 Å². The predicted octanol–water partition coefficient (Wildman–Crippen LogP) is 2.94. The standard InChI is InChI=1S/C25H26F4N4O3/c26-16-10-15(11-17(27)13-16)25(36)33-9-1-8-32(24(35)14-2-7-20(28)21(29)12-14)23(33)22(34)31-19-5-3-18(30)4-6-19/h2,7,10-13,18-19,23H,1,3-6,8-9,30H2,(H,31,34). The van der Waals surface area contributed by atoms with E-state index in [2.05, 4.69) is 5.32 Å². The molecule has 36 heavy (non-hydrogen) atoms. The topological polar surface area (TPSA) is 95.7 Å². The maximum Gasteiger partial charge on any atom is 0.264 e. The third-order valence-corrected chi connectivity index (χ3v) is 6.54. The summed E-state index contributed by atoms with van der Waals surface area (Å²) in [4.78, 5) is 42.3. The van der Waals surface area contributed by atoms with E-state index < -0.39 is 47.2 Å². The molecule has 1 aliphatic carbocycles. The van der Waals surface area contributed by atoms with Gasteiger partial charge in [-0.25, -0.2) is 17.6 Å². The maximum atomic E-state index is 13.8. The van der Waals surface area contributed by atoms with Gasteiger partial charge in [-0.15, -0.1) is 0 Å². The molecule has 0 radical (unpaired) electrons. The zero-order valence-corrected chi connectivity index (χ0v) is 19.4. The zero-order chi connectivity index (χ0) is 26.0. The van der Waals surface area contributed by atoms with E-state index in [1.54, 1.807) is 0 Å². The van der Waals surface area contributed by atoms with Crippen molar-refractivity contribution in [2.24, 2.45) is 5.73 Å². The van der Waals surface area contributed by atoms with E-state index >= 15 is 0 Å². The van der Waals surface area contributed by atoms with Gasteiger partial charge in [-0.2, -0.15) is 0 Å². The molecular weight excluding hydrogens is 480 g/mol. The number of rotatable bonds is 4. The van der Waals surface area contributed by atoms with Gasteiger partial charge in [0.15, 0.2) is 17.8 Å². The molecule has 1 aliphatic heterocycles. The molecule has 0 spiro atoms. The van der Waals surface area contributed by atoms with Crippen LogP contribution in [0, 0.1) is 23.3 Å². The minimum absolute atomic E-state index is 0.0280. The Morgan fingerprint density at radius 3 is 1.94 bits per heavy atom. The van der Waals surface area contributed by atoms with Crippen molar-refractivity contribution in [2.75, 3.05) is 13.1 Å². The van der Waals surface area contributed by atoms with Gasteiger partial charge in [-0.1, -0.05) is 0 Å². The van der Waals surface area contributed by atoms with Crippen molar-refractivity contribution in [3.8, 4) is 0 Å². The third-order valence-electron chi connectivity index (χ3n) is 6.54. The van der Waals surface area contributed by atoms with Gasteiger partial charge < -0.3 is 20.9 Å². The monoisotopic (exact) mass is 506 g/mol. The normalized spacial score (nSPS) is 22.3. The highest BCUT2D eigenvalue weighted by Crippen LogP contribution is 2.24. The van der Waals surface area contributed by atoms with Crippen LogP contribution in [0.4, 0.5) is 17.6 Å². The fourth-order valence-corrected chi connectivity index (χ4v) is 4.71. The molecular formula is C25H26F4N4O3. The summed E-state index contributed by atoms with van der Waals surface area (Å²) in [5, 5.41) is 2.86. The highest BCUT2D eigenvalue weighted by atomic mass is 19.2. The van der Waals surface area contributed by atoms with Crippen molar-refractivity contribution >= 4 is 17.7 Å². The quantitative estimate of drug-likeness (QED) is 0.624. The molecule has 1 saturated carbocycles. The van der Waals surface area contributed by atoms with Crippen LogP contribution in [0.1, 0.15) is 52.8 Å². The van der Waals surface area contributed by atoms with E-state index in [-0.39, 0.29) is 42.7 Å². The molecule has 1 unspecified atom stereocenters. The van der Waals surface area contributed by atoms with Crippen molar-refractivity contribution in [2.45, 2.75) is 50.4 Å². The lowest BCUT2D eigenvalue weighted by atomic mass is 9.91. The molecule has 4 rings (SSSR count). The van der Waals surface area contributed by atoms with E-state index in [0.29, 0.717) is 31.7 Å². The molecule has 0 aromatic heterocycles. The van der Waals surface area contributed by atoms with Crippen LogP contribution in [0.15, 0.2) is 36.4 Å². The number of hydrogen-bond acceptors (Lipinski definition) is 4. The fraction of sp³-hybridized carbons (Fsp3) is 0.400. The van der Waals surface area contributed by atoms with Crippen LogP contribution >= 0.6 is 0 Å². The van der Waals surface area contributed by atoms with Gasteiger partial charge in [0.2, 0.25) is 0 Å². The number of carbonyl (C=O) groups is 3. The van der Waals surface area contributed by atoms with Gasteiger partial charge in [0.25, 0.3) is 17.7 Å². The zero-order valence-electron chi connectivity index (χ0n) is 19.4. The number of amides is 3. The minimum Gasteiger partial charge on any atom is -0.350 e. The molecule has 0 bridgehead atoms. The number of nitrogens with one attached hydrogen (secondary N) is 1. The Labute approximate surface area is 205 Å². The Balaban J connectivity index is 1.67. The smallest absolute Gasteiger partial charge is 0.264 e. The molecule has 2 aromatic rings. The number of nitrogens with zero attached hydrogens (tertiary/aromatic N) is 2. The molecule has 7 nitrogen and oxygen atoms in total. The molecule has 3 N–H and O–H groups in total. The van der Waals surface area contributed by atoms with Gasteiger partial charge in [0.05, 0.1) is 0 Å². The first-order valence-electron chi connectivity index (χ1n) is 11.7. The summed E-state index contributed by atoms with van der Waals surface area (Å²) in [6.45, 7) is 0.0822. The largest absolute Gasteiger partial charge is 0.350 e. The van der Waals surface area contributed by atoms with Crippen LogP contribution in [0.2, 0.25) is 0 Å². The van der Waals surface area contributed by atoms with Gasteiger partial charge >= 0.3 is 0 Å². The van der Waals surface area contributed by atoms with Gasteiger partial charge in [-0.3, -0.25) is 14.4 Å². The minimum atomic E-state index is -1.46. The number of halogens is 4. The Morgan fingerprint density at radius 1 is 0.778 bits per heavy atom. The fourth-order valence-electron chi connectivity index (χ4n) is 4.71. The Bertz CT molecular complexity index is 1150. The molecule has 1 heterocycles. The first-order chi connectivity index (χ1) is 17.1. The molecule has 2 aliphatic rings. The molecule has 1 atom stereocenters. The Hall–Kier alpha value is -3.47. The van der Waals surface area contributed by atoms with Crippen molar-refractivity contribution in [1.82, 2.24) is 15.1 Å². The van der Waals surface area contributed by atoms with Crippen molar-refractivity contribution in [3.05, 3.63) is 70.8 Å². The summed E-state index contributed by atoms with van der Waals surface area (Å²) in [5.41, 5.74) is 5.40. The summed E-state index contributed by atoms with van der Waals surface area (Å²) >= 11 is 0. The second-order valence-corrected chi connectivity index (χ2v) is 9.13. The van der Waals surface area contributed by atoms with Gasteiger partial charge in [0.1, 0.15) is 11.6 Å². The van der Waals surface area contributed by atoms with Crippen molar-refractivity contribution in [3.63, 3.8) is 0 Å². The lowest BCUT2D eigenvalue weighted by Gasteiger charge is -2.43. The highest BCUT2D eigenvalue weighted by molar-refractivity contribution is 6.01. The number of carbonyl (C=O) groups excluding carboxylic acids is 3. The third kappa shape index (κ3) is 5.51. The molecule has 2 aromatic carbocycles. The van der Waals surface area contributed by atoms with Crippen molar-refractivity contribution < 1.29 is 31.9 Å². The first-order valence-corrected chi connectivity index (χ1v) is 11.7. The van der Waals surface area contributed by atoms with Crippen LogP contribution in [0.3, 0.4) is 0 Å². The Kier molecular flexibility index (Phi) is 7.58. The summed E-state index contributed by atoms with van der Waals surface area (Å²) < 4.78 is 54.9. The SMILES string of the molecule is NC1CCC(NC(=O)C2N(C(=O)c3cc(F)cc(F)c3)CCCN2C(=O)c2ccc(F)c(F)c2)CC1. The summed E-state index contributed by atoms with van der Waals surface area (Å²) in [7, 11) is 0. The van der Waals surface area contributed by atoms with E-state index in [1.165, 1.54) is 0 Å². The second kappa shape index (κ2) is 10.7. The lowest BCUT2D eigenvalue weighted by Crippen LogP contribution is -2.64. The van der Waals surface area contributed by atoms with E-state index in [0.717, 1.165) is 40.1 Å². The van der Waals surface area contributed by atoms with E-state index in [9.17, 15) is 31.9 Å². The van der Waals surface area contributed by atoms with Gasteiger partial charge in [0, 0.05) is 42.4 Å². The van der Waals surface area contributed by atoms with Crippen LogP contribution < -0.4 is 11.1 Å². The maximum absolute atomic E-state index is 13.8. The molecule has 3 amide bonds. The van der Waals surface area contributed by atoms with Crippen LogP contribution in [-0.2, 0) is 4.79 Å². The average molecular weight is 507 g/mol. The summed E-state index contributed by atoms with van der Waals surface area (Å²) in [5.74, 6) is -6.60. The highest BCUT2D eigenvalue weighted by Gasteiger charge is 2.42. The first kappa shape index (κ1) is 25.6. The number of hydrogen-bond donors (Lipinski definition) is 2. The molecule has 2 fully saturated rings. The van der Waals surface area contributed by atoms with E-state index in [1.807, 2.05) is 0 Å². The Morgan fingerprint density at radius 2 is 1.36 bits per heavy atom. The lowest BCUT2D eigenvalue weighted by molar-refractivity contribution is -0.133. The molecule has 1 saturated heterocycles. The predicted molar refractivity (Wildman–Crippen MR) is 122 cm³/mol. The van der Waals surface area contributed by atoms with Gasteiger partial charge in [-0.05, 0) is 62.4 Å². The summed E-state index contributed by atoms with van der Waals surface area (Å²) in [6.07, 6.45) is 1.39. The molecule has 11 heteroatoms. The molecule has 192 valence electrons. The van der Waals surface area contributed by atoms with Crippen LogP contribution in [0.25, 0.3) is 0 Å². The number of nitrogens with two attached hydrogens (primary N) is 1.